The smallest absolute Gasteiger partial charge is 0.224 e. The average molecular weight is 288 g/mol. The molecule has 21 heavy (non-hydrogen) atoms. The van der Waals surface area contributed by atoms with Gasteiger partial charge in [0.2, 0.25) is 5.91 Å². The van der Waals surface area contributed by atoms with Crippen LogP contribution in [0.3, 0.4) is 0 Å². The number of hydrogen-bond acceptors (Lipinski definition) is 3. The van der Waals surface area contributed by atoms with Crippen molar-refractivity contribution in [3.8, 4) is 0 Å². The third kappa shape index (κ3) is 2.74. The molecule has 0 saturated heterocycles. The third-order valence-corrected chi connectivity index (χ3v) is 3.69. The van der Waals surface area contributed by atoms with E-state index in [1.54, 1.807) is 16.9 Å². The topological polar surface area (TPSA) is 59.0 Å². The molecular weight excluding hydrogens is 271 g/mol. The number of hydrogen-bond donors (Lipinski definition) is 2. The highest BCUT2D eigenvalue weighted by Crippen LogP contribution is 2.30. The number of rotatable bonds is 3. The lowest BCUT2D eigenvalue weighted by molar-refractivity contribution is -0.116. The maximum Gasteiger partial charge on any atom is 0.224 e. The maximum absolute atomic E-state index is 14.2. The zero-order valence-corrected chi connectivity index (χ0v) is 12.0. The summed E-state index contributed by atoms with van der Waals surface area (Å²) < 4.78 is 15.9. The van der Waals surface area contributed by atoms with Gasteiger partial charge in [-0.15, -0.1) is 0 Å². The molecule has 110 valence electrons. The molecule has 2 aromatic rings. The summed E-state index contributed by atoms with van der Waals surface area (Å²) in [7, 11) is 1.84. The van der Waals surface area contributed by atoms with Gasteiger partial charge in [0.25, 0.3) is 0 Å². The summed E-state index contributed by atoms with van der Waals surface area (Å²) in [4.78, 5) is 11.4. The minimum Gasteiger partial charge on any atom is -0.376 e. The number of anilines is 2. The quantitative estimate of drug-likeness (QED) is 0.912. The molecule has 1 unspecified atom stereocenters. The van der Waals surface area contributed by atoms with Gasteiger partial charge in [-0.2, -0.15) is 5.10 Å². The van der Waals surface area contributed by atoms with Crippen LogP contribution in [-0.2, 0) is 18.3 Å². The Hall–Kier alpha value is -2.37. The van der Waals surface area contributed by atoms with Gasteiger partial charge in [-0.3, -0.25) is 9.48 Å². The number of fused-ring (bicyclic) bond motifs is 1. The first-order valence-corrected chi connectivity index (χ1v) is 6.90. The van der Waals surface area contributed by atoms with Crippen molar-refractivity contribution in [1.29, 1.82) is 0 Å². The second kappa shape index (κ2) is 5.20. The van der Waals surface area contributed by atoms with Crippen LogP contribution in [0.1, 0.15) is 30.5 Å². The summed E-state index contributed by atoms with van der Waals surface area (Å²) in [5.41, 5.74) is 2.88. The Balaban J connectivity index is 1.85. The van der Waals surface area contributed by atoms with Crippen molar-refractivity contribution in [1.82, 2.24) is 9.78 Å². The van der Waals surface area contributed by atoms with Crippen molar-refractivity contribution < 1.29 is 9.18 Å². The largest absolute Gasteiger partial charge is 0.376 e. The predicted molar refractivity (Wildman–Crippen MR) is 78.6 cm³/mol. The third-order valence-electron chi connectivity index (χ3n) is 3.69. The number of nitrogens with zero attached hydrogens (tertiary/aromatic N) is 2. The molecule has 0 spiro atoms. The molecule has 0 fully saturated rings. The molecular formula is C15H17FN4O. The Kier molecular flexibility index (Phi) is 3.37. The van der Waals surface area contributed by atoms with Gasteiger partial charge < -0.3 is 10.6 Å². The van der Waals surface area contributed by atoms with Crippen LogP contribution in [0.2, 0.25) is 0 Å². The maximum atomic E-state index is 14.2. The Morgan fingerprint density at radius 2 is 2.24 bits per heavy atom. The van der Waals surface area contributed by atoms with Gasteiger partial charge in [-0.1, -0.05) is 0 Å². The van der Waals surface area contributed by atoms with Crippen molar-refractivity contribution in [2.45, 2.75) is 25.8 Å². The number of amides is 1. The zero-order chi connectivity index (χ0) is 15.0. The molecule has 1 aromatic carbocycles. The van der Waals surface area contributed by atoms with Crippen LogP contribution in [0.15, 0.2) is 24.5 Å². The van der Waals surface area contributed by atoms with Crippen molar-refractivity contribution in [2.24, 2.45) is 7.05 Å². The van der Waals surface area contributed by atoms with E-state index >= 15 is 0 Å². The summed E-state index contributed by atoms with van der Waals surface area (Å²) in [6.45, 7) is 1.94. The van der Waals surface area contributed by atoms with Crippen LogP contribution in [-0.4, -0.2) is 15.7 Å². The number of aryl methyl sites for hydroxylation is 2. The first-order valence-electron chi connectivity index (χ1n) is 6.90. The lowest BCUT2D eigenvalue weighted by Crippen LogP contribution is -2.19. The molecule has 6 heteroatoms. The highest BCUT2D eigenvalue weighted by molar-refractivity contribution is 5.94. The molecule has 5 nitrogen and oxygen atoms in total. The van der Waals surface area contributed by atoms with Crippen LogP contribution in [0, 0.1) is 5.82 Å². The van der Waals surface area contributed by atoms with Gasteiger partial charge in [0.15, 0.2) is 0 Å². The molecule has 0 saturated carbocycles. The van der Waals surface area contributed by atoms with Crippen molar-refractivity contribution >= 4 is 17.3 Å². The average Bonchev–Trinajstić information content (AvgIpc) is 2.87. The molecule has 3 rings (SSSR count). The first kappa shape index (κ1) is 13.6. The fourth-order valence-electron chi connectivity index (χ4n) is 2.49. The SMILES string of the molecule is CC(Nc1cc2c(cc1F)CCC(=O)N2)c1cnn(C)c1. The minimum atomic E-state index is -0.305. The van der Waals surface area contributed by atoms with E-state index in [-0.39, 0.29) is 17.8 Å². The van der Waals surface area contributed by atoms with Crippen molar-refractivity contribution in [3.63, 3.8) is 0 Å². The van der Waals surface area contributed by atoms with Crippen molar-refractivity contribution in [3.05, 3.63) is 41.5 Å². The van der Waals surface area contributed by atoms with Crippen LogP contribution in [0.4, 0.5) is 15.8 Å². The van der Waals surface area contributed by atoms with E-state index in [9.17, 15) is 9.18 Å². The van der Waals surface area contributed by atoms with Gasteiger partial charge in [-0.25, -0.2) is 4.39 Å². The van der Waals surface area contributed by atoms with Crippen LogP contribution in [0.5, 0.6) is 0 Å². The second-order valence-corrected chi connectivity index (χ2v) is 5.35. The molecule has 1 atom stereocenters. The zero-order valence-electron chi connectivity index (χ0n) is 12.0. The molecule has 0 radical (unpaired) electrons. The fraction of sp³-hybridized carbons (Fsp3) is 0.333. The van der Waals surface area contributed by atoms with Crippen LogP contribution in [0.25, 0.3) is 0 Å². The first-order chi connectivity index (χ1) is 10.0. The Labute approximate surface area is 122 Å². The lowest BCUT2D eigenvalue weighted by Gasteiger charge is -2.20. The Bertz CT molecular complexity index is 695. The molecule has 2 N–H and O–H groups in total. The van der Waals surface area contributed by atoms with Gasteiger partial charge in [0.05, 0.1) is 17.9 Å². The van der Waals surface area contributed by atoms with E-state index in [1.165, 1.54) is 6.07 Å². The Morgan fingerprint density at radius 3 is 2.95 bits per heavy atom. The number of carbonyl (C=O) groups excluding carboxylic acids is 1. The highest BCUT2D eigenvalue weighted by atomic mass is 19.1. The standard InChI is InChI=1S/C15H17FN4O/c1-9(11-7-17-20(2)8-11)18-14-6-13-10(5-12(14)16)3-4-15(21)19-13/h5-9,18H,3-4H2,1-2H3,(H,19,21). The van der Waals surface area contributed by atoms with E-state index in [0.29, 0.717) is 24.2 Å². The lowest BCUT2D eigenvalue weighted by atomic mass is 10.0. The number of carbonyl (C=O) groups is 1. The van der Waals surface area contributed by atoms with Gasteiger partial charge in [0, 0.05) is 30.9 Å². The van der Waals surface area contributed by atoms with E-state index in [0.717, 1.165) is 11.1 Å². The van der Waals surface area contributed by atoms with E-state index < -0.39 is 0 Å². The highest BCUT2D eigenvalue weighted by Gasteiger charge is 2.18. The van der Waals surface area contributed by atoms with Gasteiger partial charge in [-0.05, 0) is 31.0 Å². The number of halogens is 1. The molecule has 1 aromatic heterocycles. The molecule has 1 amide bonds. The second-order valence-electron chi connectivity index (χ2n) is 5.35. The minimum absolute atomic E-state index is 0.0274. The summed E-state index contributed by atoms with van der Waals surface area (Å²) in [6, 6.07) is 3.08. The van der Waals surface area contributed by atoms with Crippen LogP contribution < -0.4 is 10.6 Å². The van der Waals surface area contributed by atoms with E-state index in [4.69, 9.17) is 0 Å². The van der Waals surface area contributed by atoms with Gasteiger partial charge >= 0.3 is 0 Å². The van der Waals surface area contributed by atoms with E-state index in [1.807, 2.05) is 20.2 Å². The number of nitrogens with one attached hydrogen (secondary N) is 2. The van der Waals surface area contributed by atoms with Crippen molar-refractivity contribution in [2.75, 3.05) is 10.6 Å². The molecule has 1 aliphatic heterocycles. The predicted octanol–water partition coefficient (Wildman–Crippen LogP) is 2.62. The summed E-state index contributed by atoms with van der Waals surface area (Å²) in [5.74, 6) is -0.332. The monoisotopic (exact) mass is 288 g/mol. The number of benzene rings is 1. The fourth-order valence-corrected chi connectivity index (χ4v) is 2.49. The summed E-state index contributed by atoms with van der Waals surface area (Å²) in [6.07, 6.45) is 4.62. The molecule has 0 bridgehead atoms. The Morgan fingerprint density at radius 1 is 1.43 bits per heavy atom. The van der Waals surface area contributed by atoms with E-state index in [2.05, 4.69) is 15.7 Å². The molecule has 0 aliphatic carbocycles. The molecule has 2 heterocycles. The summed E-state index contributed by atoms with van der Waals surface area (Å²) >= 11 is 0. The number of aromatic nitrogens is 2. The van der Waals surface area contributed by atoms with Gasteiger partial charge in [0.1, 0.15) is 5.82 Å². The normalized spacial score (nSPS) is 15.3. The van der Waals surface area contributed by atoms with Crippen LogP contribution >= 0.6 is 0 Å². The molecule has 1 aliphatic rings. The summed E-state index contributed by atoms with van der Waals surface area (Å²) in [5, 5.41) is 10.0.